The van der Waals surface area contributed by atoms with E-state index in [9.17, 15) is 4.79 Å². The number of ether oxygens (including phenoxy) is 1. The Balaban J connectivity index is 0.00000288. The molecule has 0 spiro atoms. The van der Waals surface area contributed by atoms with E-state index in [2.05, 4.69) is 32.9 Å². The highest BCUT2D eigenvalue weighted by Crippen LogP contribution is 2.27. The third-order valence-corrected chi connectivity index (χ3v) is 4.78. The van der Waals surface area contributed by atoms with Crippen LogP contribution in [0.15, 0.2) is 18.2 Å². The standard InChI is InChI=1S/C19H30N2O2.ClH/c1-13(2)17-6-5-14(3)11-18(17)23-12-19(22)21-9-7-16(8-10-21)15(4)20;/h5-6,11,13,15-16H,7-10,12,20H2,1-4H3;1H. The van der Waals surface area contributed by atoms with Crippen LogP contribution in [0.1, 0.15) is 50.7 Å². The van der Waals surface area contributed by atoms with Crippen LogP contribution in [0.25, 0.3) is 0 Å². The summed E-state index contributed by atoms with van der Waals surface area (Å²) in [5.74, 6) is 1.81. The van der Waals surface area contributed by atoms with Gasteiger partial charge in [-0.1, -0.05) is 26.0 Å². The van der Waals surface area contributed by atoms with E-state index in [-0.39, 0.29) is 31.0 Å². The zero-order valence-corrected chi connectivity index (χ0v) is 16.1. The van der Waals surface area contributed by atoms with E-state index in [4.69, 9.17) is 10.5 Å². The fourth-order valence-electron chi connectivity index (χ4n) is 3.15. The summed E-state index contributed by atoms with van der Waals surface area (Å²) in [6.07, 6.45) is 1.98. The molecule has 0 bridgehead atoms. The molecule has 2 rings (SSSR count). The Morgan fingerprint density at radius 2 is 1.92 bits per heavy atom. The lowest BCUT2D eigenvalue weighted by Crippen LogP contribution is -2.44. The van der Waals surface area contributed by atoms with Gasteiger partial charge in [0, 0.05) is 19.1 Å². The second-order valence-corrected chi connectivity index (χ2v) is 7.06. The molecule has 1 aliphatic rings. The maximum Gasteiger partial charge on any atom is 0.260 e. The van der Waals surface area contributed by atoms with Gasteiger partial charge in [-0.05, 0) is 55.7 Å². The Hall–Kier alpha value is -1.26. The van der Waals surface area contributed by atoms with Crippen molar-refractivity contribution in [3.05, 3.63) is 29.3 Å². The summed E-state index contributed by atoms with van der Waals surface area (Å²) in [4.78, 5) is 14.3. The number of likely N-dealkylation sites (tertiary alicyclic amines) is 1. The molecular weight excluding hydrogens is 324 g/mol. The fraction of sp³-hybridized carbons (Fsp3) is 0.632. The smallest absolute Gasteiger partial charge is 0.260 e. The van der Waals surface area contributed by atoms with Gasteiger partial charge in [0.05, 0.1) is 0 Å². The highest BCUT2D eigenvalue weighted by atomic mass is 35.5. The molecular formula is C19H31ClN2O2. The SMILES string of the molecule is Cc1ccc(C(C)C)c(OCC(=O)N2CCC(C(C)N)CC2)c1.Cl. The molecule has 1 aromatic rings. The number of amides is 1. The van der Waals surface area contributed by atoms with E-state index < -0.39 is 0 Å². The third-order valence-electron chi connectivity index (χ3n) is 4.78. The first-order chi connectivity index (χ1) is 10.9. The largest absolute Gasteiger partial charge is 0.483 e. The van der Waals surface area contributed by atoms with Crippen LogP contribution in [0.3, 0.4) is 0 Å². The number of nitrogens with zero attached hydrogens (tertiary/aromatic N) is 1. The van der Waals surface area contributed by atoms with Crippen LogP contribution in [-0.4, -0.2) is 36.5 Å². The van der Waals surface area contributed by atoms with Crippen LogP contribution in [0.4, 0.5) is 0 Å². The number of hydrogen-bond donors (Lipinski definition) is 1. The van der Waals surface area contributed by atoms with Crippen LogP contribution in [0.5, 0.6) is 5.75 Å². The summed E-state index contributed by atoms with van der Waals surface area (Å²) in [5, 5.41) is 0. The summed E-state index contributed by atoms with van der Waals surface area (Å²) in [5.41, 5.74) is 8.25. The van der Waals surface area contributed by atoms with Gasteiger partial charge in [0.1, 0.15) is 5.75 Å². The molecule has 0 aromatic heterocycles. The fourth-order valence-corrected chi connectivity index (χ4v) is 3.15. The molecule has 1 aliphatic heterocycles. The highest BCUT2D eigenvalue weighted by Gasteiger charge is 2.25. The molecule has 0 radical (unpaired) electrons. The van der Waals surface area contributed by atoms with Gasteiger partial charge < -0.3 is 15.4 Å². The molecule has 1 amide bonds. The van der Waals surface area contributed by atoms with Crippen molar-refractivity contribution >= 4 is 18.3 Å². The van der Waals surface area contributed by atoms with Crippen molar-refractivity contribution in [1.82, 2.24) is 4.90 Å². The average molecular weight is 355 g/mol. The van der Waals surface area contributed by atoms with Crippen LogP contribution in [-0.2, 0) is 4.79 Å². The van der Waals surface area contributed by atoms with Crippen LogP contribution >= 0.6 is 12.4 Å². The molecule has 1 heterocycles. The number of halogens is 1. The molecule has 0 aliphatic carbocycles. The second-order valence-electron chi connectivity index (χ2n) is 7.06. The Bertz CT molecular complexity index is 538. The number of carbonyl (C=O) groups is 1. The average Bonchev–Trinajstić information content (AvgIpc) is 2.52. The zero-order chi connectivity index (χ0) is 17.0. The third kappa shape index (κ3) is 5.38. The van der Waals surface area contributed by atoms with Crippen LogP contribution < -0.4 is 10.5 Å². The summed E-state index contributed by atoms with van der Waals surface area (Å²) in [7, 11) is 0. The molecule has 4 nitrogen and oxygen atoms in total. The monoisotopic (exact) mass is 354 g/mol. The second kappa shape index (κ2) is 9.28. The van der Waals surface area contributed by atoms with Gasteiger partial charge in [-0.25, -0.2) is 0 Å². The van der Waals surface area contributed by atoms with Gasteiger partial charge >= 0.3 is 0 Å². The van der Waals surface area contributed by atoms with Gasteiger partial charge in [0.15, 0.2) is 6.61 Å². The van der Waals surface area contributed by atoms with Crippen molar-refractivity contribution in [2.75, 3.05) is 19.7 Å². The van der Waals surface area contributed by atoms with Gasteiger partial charge in [0.25, 0.3) is 5.91 Å². The minimum Gasteiger partial charge on any atom is -0.483 e. The number of hydrogen-bond acceptors (Lipinski definition) is 3. The predicted molar refractivity (Wildman–Crippen MR) is 101 cm³/mol. The summed E-state index contributed by atoms with van der Waals surface area (Å²) in [6.45, 7) is 10.1. The first kappa shape index (κ1) is 20.8. The Kier molecular flexibility index (Phi) is 8.04. The van der Waals surface area contributed by atoms with Crippen molar-refractivity contribution in [2.45, 2.75) is 52.5 Å². The number of nitrogens with two attached hydrogens (primary N) is 1. The lowest BCUT2D eigenvalue weighted by Gasteiger charge is -2.33. The molecule has 5 heteroatoms. The van der Waals surface area contributed by atoms with Crippen molar-refractivity contribution in [3.8, 4) is 5.75 Å². The molecule has 136 valence electrons. The summed E-state index contributed by atoms with van der Waals surface area (Å²) in [6, 6.07) is 6.41. The molecule has 0 saturated carbocycles. The molecule has 24 heavy (non-hydrogen) atoms. The number of benzene rings is 1. The molecule has 2 N–H and O–H groups in total. The number of carbonyl (C=O) groups excluding carboxylic acids is 1. The van der Waals surface area contributed by atoms with E-state index in [1.165, 1.54) is 0 Å². The number of piperidine rings is 1. The van der Waals surface area contributed by atoms with Crippen molar-refractivity contribution in [2.24, 2.45) is 11.7 Å². The van der Waals surface area contributed by atoms with E-state index in [1.807, 2.05) is 17.9 Å². The minimum atomic E-state index is 0. The normalized spacial score (nSPS) is 16.7. The van der Waals surface area contributed by atoms with E-state index in [0.29, 0.717) is 11.8 Å². The summed E-state index contributed by atoms with van der Waals surface area (Å²) < 4.78 is 5.85. The topological polar surface area (TPSA) is 55.6 Å². The first-order valence-corrected chi connectivity index (χ1v) is 8.65. The van der Waals surface area contributed by atoms with E-state index >= 15 is 0 Å². The van der Waals surface area contributed by atoms with Crippen molar-refractivity contribution in [1.29, 1.82) is 0 Å². The lowest BCUT2D eigenvalue weighted by molar-refractivity contribution is -0.134. The van der Waals surface area contributed by atoms with E-state index in [1.54, 1.807) is 0 Å². The highest BCUT2D eigenvalue weighted by molar-refractivity contribution is 5.85. The number of aryl methyl sites for hydroxylation is 1. The Labute approximate surface area is 152 Å². The van der Waals surface area contributed by atoms with E-state index in [0.717, 1.165) is 42.8 Å². The van der Waals surface area contributed by atoms with Crippen molar-refractivity contribution < 1.29 is 9.53 Å². The molecule has 1 unspecified atom stereocenters. The Morgan fingerprint density at radius 1 is 1.29 bits per heavy atom. The maximum atomic E-state index is 12.4. The molecule has 1 fully saturated rings. The zero-order valence-electron chi connectivity index (χ0n) is 15.2. The maximum absolute atomic E-state index is 12.4. The van der Waals surface area contributed by atoms with Crippen LogP contribution in [0.2, 0.25) is 0 Å². The quantitative estimate of drug-likeness (QED) is 0.880. The number of rotatable bonds is 5. The minimum absolute atomic E-state index is 0. The Morgan fingerprint density at radius 3 is 2.46 bits per heavy atom. The predicted octanol–water partition coefficient (Wildman–Crippen LogP) is 3.50. The van der Waals surface area contributed by atoms with Crippen LogP contribution in [0, 0.1) is 12.8 Å². The van der Waals surface area contributed by atoms with Gasteiger partial charge in [0.2, 0.25) is 0 Å². The molecule has 1 atom stereocenters. The summed E-state index contributed by atoms with van der Waals surface area (Å²) >= 11 is 0. The molecule has 1 aromatic carbocycles. The molecule has 1 saturated heterocycles. The first-order valence-electron chi connectivity index (χ1n) is 8.65. The lowest BCUT2D eigenvalue weighted by atomic mass is 9.91. The van der Waals surface area contributed by atoms with Crippen molar-refractivity contribution in [3.63, 3.8) is 0 Å². The van der Waals surface area contributed by atoms with Gasteiger partial charge in [-0.15, -0.1) is 12.4 Å². The van der Waals surface area contributed by atoms with Gasteiger partial charge in [-0.2, -0.15) is 0 Å². The van der Waals surface area contributed by atoms with Gasteiger partial charge in [-0.3, -0.25) is 4.79 Å².